The number of likely N-dealkylation sites (tertiary alicyclic amines) is 1. The molecule has 0 saturated carbocycles. The summed E-state index contributed by atoms with van der Waals surface area (Å²) in [5.41, 5.74) is 0.570. The SMILES string of the molecule is CC(C)NCCN1CCCC(C)(C)CC1. The van der Waals surface area contributed by atoms with Gasteiger partial charge in [0, 0.05) is 19.1 Å². The molecule has 0 amide bonds. The fourth-order valence-corrected chi connectivity index (χ4v) is 2.21. The number of nitrogens with zero attached hydrogens (tertiary/aromatic N) is 1. The predicted octanol–water partition coefficient (Wildman–Crippen LogP) is 2.50. The molecule has 0 aromatic rings. The lowest BCUT2D eigenvalue weighted by atomic mass is 9.85. The highest BCUT2D eigenvalue weighted by atomic mass is 15.1. The van der Waals surface area contributed by atoms with Crippen molar-refractivity contribution in [3.05, 3.63) is 0 Å². The van der Waals surface area contributed by atoms with Crippen molar-refractivity contribution in [3.63, 3.8) is 0 Å². The second kappa shape index (κ2) is 5.86. The minimum Gasteiger partial charge on any atom is -0.313 e. The van der Waals surface area contributed by atoms with Crippen LogP contribution in [0.4, 0.5) is 0 Å². The van der Waals surface area contributed by atoms with Crippen molar-refractivity contribution in [1.29, 1.82) is 0 Å². The molecule has 0 unspecified atom stereocenters. The molecule has 0 aliphatic carbocycles. The lowest BCUT2D eigenvalue weighted by molar-refractivity contribution is 0.260. The molecule has 2 nitrogen and oxygen atoms in total. The average Bonchev–Trinajstić information content (AvgIpc) is 2.27. The van der Waals surface area contributed by atoms with Crippen LogP contribution in [0, 0.1) is 5.41 Å². The van der Waals surface area contributed by atoms with Crippen molar-refractivity contribution in [2.24, 2.45) is 5.41 Å². The molecule has 90 valence electrons. The van der Waals surface area contributed by atoms with Gasteiger partial charge in [-0.15, -0.1) is 0 Å². The van der Waals surface area contributed by atoms with Crippen LogP contribution < -0.4 is 5.32 Å². The minimum absolute atomic E-state index is 0.570. The van der Waals surface area contributed by atoms with E-state index >= 15 is 0 Å². The Hall–Kier alpha value is -0.0800. The summed E-state index contributed by atoms with van der Waals surface area (Å²) < 4.78 is 0. The Kier molecular flexibility index (Phi) is 5.07. The van der Waals surface area contributed by atoms with Gasteiger partial charge in [0.15, 0.2) is 0 Å². The second-order valence-electron chi connectivity index (χ2n) is 5.97. The van der Waals surface area contributed by atoms with E-state index in [1.165, 1.54) is 38.9 Å². The Morgan fingerprint density at radius 1 is 1.20 bits per heavy atom. The van der Waals surface area contributed by atoms with Gasteiger partial charge < -0.3 is 10.2 Å². The van der Waals surface area contributed by atoms with Gasteiger partial charge in [0.2, 0.25) is 0 Å². The van der Waals surface area contributed by atoms with E-state index in [2.05, 4.69) is 37.9 Å². The Balaban J connectivity index is 2.20. The summed E-state index contributed by atoms with van der Waals surface area (Å²) in [6, 6.07) is 0.619. The molecule has 1 saturated heterocycles. The topological polar surface area (TPSA) is 15.3 Å². The largest absolute Gasteiger partial charge is 0.313 e. The molecule has 1 rings (SSSR count). The highest BCUT2D eigenvalue weighted by Gasteiger charge is 2.22. The molecule has 2 heteroatoms. The smallest absolute Gasteiger partial charge is 0.0107 e. The fourth-order valence-electron chi connectivity index (χ4n) is 2.21. The van der Waals surface area contributed by atoms with Crippen molar-refractivity contribution in [2.45, 2.75) is 53.0 Å². The second-order valence-corrected chi connectivity index (χ2v) is 5.97. The molecule has 0 aromatic carbocycles. The number of rotatable bonds is 4. The molecule has 1 fully saturated rings. The van der Waals surface area contributed by atoms with Gasteiger partial charge in [-0.1, -0.05) is 27.7 Å². The highest BCUT2D eigenvalue weighted by molar-refractivity contribution is 4.76. The van der Waals surface area contributed by atoms with Crippen LogP contribution in [0.5, 0.6) is 0 Å². The van der Waals surface area contributed by atoms with Crippen molar-refractivity contribution in [3.8, 4) is 0 Å². The average molecular weight is 212 g/mol. The molecular formula is C13H28N2. The van der Waals surface area contributed by atoms with Crippen molar-refractivity contribution >= 4 is 0 Å². The van der Waals surface area contributed by atoms with E-state index in [1.54, 1.807) is 0 Å². The van der Waals surface area contributed by atoms with Crippen molar-refractivity contribution in [2.75, 3.05) is 26.2 Å². The Bertz CT molecular complexity index is 175. The lowest BCUT2D eigenvalue weighted by Gasteiger charge is -2.23. The summed E-state index contributed by atoms with van der Waals surface area (Å²) in [6.45, 7) is 14.2. The first-order valence-corrected chi connectivity index (χ1v) is 6.45. The minimum atomic E-state index is 0.570. The maximum Gasteiger partial charge on any atom is 0.0107 e. The van der Waals surface area contributed by atoms with Crippen LogP contribution in [-0.4, -0.2) is 37.1 Å². The Morgan fingerprint density at radius 2 is 1.93 bits per heavy atom. The maximum atomic E-state index is 3.49. The van der Waals surface area contributed by atoms with Gasteiger partial charge in [-0.25, -0.2) is 0 Å². The summed E-state index contributed by atoms with van der Waals surface area (Å²) in [5.74, 6) is 0. The van der Waals surface area contributed by atoms with E-state index in [0.29, 0.717) is 11.5 Å². The highest BCUT2D eigenvalue weighted by Crippen LogP contribution is 2.29. The molecule has 1 aliphatic heterocycles. The normalized spacial score (nSPS) is 23.0. The van der Waals surface area contributed by atoms with Crippen LogP contribution in [0.2, 0.25) is 0 Å². The van der Waals surface area contributed by atoms with Gasteiger partial charge in [0.1, 0.15) is 0 Å². The quantitative estimate of drug-likeness (QED) is 0.770. The summed E-state index contributed by atoms with van der Waals surface area (Å²) in [6.07, 6.45) is 4.12. The zero-order chi connectivity index (χ0) is 11.3. The van der Waals surface area contributed by atoms with Crippen LogP contribution in [0.3, 0.4) is 0 Å². The third kappa shape index (κ3) is 5.53. The van der Waals surface area contributed by atoms with E-state index in [4.69, 9.17) is 0 Å². The van der Waals surface area contributed by atoms with E-state index < -0.39 is 0 Å². The van der Waals surface area contributed by atoms with E-state index in [-0.39, 0.29) is 0 Å². The lowest BCUT2D eigenvalue weighted by Crippen LogP contribution is -2.35. The molecule has 0 bridgehead atoms. The van der Waals surface area contributed by atoms with E-state index in [0.717, 1.165) is 6.54 Å². The third-order valence-electron chi connectivity index (χ3n) is 3.41. The number of nitrogens with one attached hydrogen (secondary N) is 1. The molecular weight excluding hydrogens is 184 g/mol. The summed E-state index contributed by atoms with van der Waals surface area (Å²) in [5, 5.41) is 3.49. The first-order chi connectivity index (χ1) is 6.99. The van der Waals surface area contributed by atoms with Gasteiger partial charge in [-0.2, -0.15) is 0 Å². The molecule has 1 heterocycles. The molecule has 15 heavy (non-hydrogen) atoms. The molecule has 0 radical (unpaired) electrons. The Morgan fingerprint density at radius 3 is 2.60 bits per heavy atom. The van der Waals surface area contributed by atoms with Crippen molar-refractivity contribution in [1.82, 2.24) is 10.2 Å². The zero-order valence-electron chi connectivity index (χ0n) is 11.0. The van der Waals surface area contributed by atoms with Crippen LogP contribution in [0.1, 0.15) is 47.0 Å². The van der Waals surface area contributed by atoms with Crippen LogP contribution in [-0.2, 0) is 0 Å². The molecule has 1 aliphatic rings. The Labute approximate surface area is 95.4 Å². The van der Waals surface area contributed by atoms with Gasteiger partial charge in [0.05, 0.1) is 0 Å². The summed E-state index contributed by atoms with van der Waals surface area (Å²) in [7, 11) is 0. The van der Waals surface area contributed by atoms with E-state index in [1.807, 2.05) is 0 Å². The van der Waals surface area contributed by atoms with Gasteiger partial charge in [-0.3, -0.25) is 0 Å². The fraction of sp³-hybridized carbons (Fsp3) is 1.00. The van der Waals surface area contributed by atoms with E-state index in [9.17, 15) is 0 Å². The van der Waals surface area contributed by atoms with Gasteiger partial charge in [-0.05, 0) is 37.8 Å². The van der Waals surface area contributed by atoms with Gasteiger partial charge in [0.25, 0.3) is 0 Å². The number of hydrogen-bond donors (Lipinski definition) is 1. The molecule has 0 atom stereocenters. The third-order valence-corrected chi connectivity index (χ3v) is 3.41. The summed E-state index contributed by atoms with van der Waals surface area (Å²) >= 11 is 0. The molecule has 1 N–H and O–H groups in total. The zero-order valence-corrected chi connectivity index (χ0v) is 11.0. The maximum absolute atomic E-state index is 3.49. The standard InChI is InChI=1S/C13H28N2/c1-12(2)14-8-11-15-9-5-6-13(3,4)7-10-15/h12,14H,5-11H2,1-4H3. The molecule has 0 spiro atoms. The monoisotopic (exact) mass is 212 g/mol. The first kappa shape index (κ1) is 13.0. The summed E-state index contributed by atoms with van der Waals surface area (Å²) in [4.78, 5) is 2.62. The van der Waals surface area contributed by atoms with Crippen LogP contribution in [0.25, 0.3) is 0 Å². The van der Waals surface area contributed by atoms with Crippen molar-refractivity contribution < 1.29 is 0 Å². The molecule has 0 aromatic heterocycles. The number of hydrogen-bond acceptors (Lipinski definition) is 2. The van der Waals surface area contributed by atoms with Gasteiger partial charge >= 0.3 is 0 Å². The predicted molar refractivity (Wildman–Crippen MR) is 67.2 cm³/mol. The first-order valence-electron chi connectivity index (χ1n) is 6.45. The van der Waals surface area contributed by atoms with Crippen LogP contribution >= 0.6 is 0 Å². The van der Waals surface area contributed by atoms with Crippen LogP contribution in [0.15, 0.2) is 0 Å².